The van der Waals surface area contributed by atoms with E-state index in [1.54, 1.807) is 0 Å². The summed E-state index contributed by atoms with van der Waals surface area (Å²) in [5.74, 6) is -0.292. The summed E-state index contributed by atoms with van der Waals surface area (Å²) in [6.45, 7) is 2.17. The lowest BCUT2D eigenvalue weighted by Gasteiger charge is -2.33. The van der Waals surface area contributed by atoms with Gasteiger partial charge in [0.15, 0.2) is 0 Å². The van der Waals surface area contributed by atoms with Gasteiger partial charge in [0.2, 0.25) is 0 Å². The van der Waals surface area contributed by atoms with Crippen molar-refractivity contribution in [3.05, 3.63) is 35.4 Å². The Hall–Kier alpha value is -0.960. The molecule has 0 saturated heterocycles. The number of hydrogen-bond donors (Lipinski definition) is 1. The Morgan fingerprint density at radius 3 is 2.47 bits per heavy atom. The van der Waals surface area contributed by atoms with Gasteiger partial charge in [-0.15, -0.1) is 0 Å². The Balaban J connectivity index is 2.03. The van der Waals surface area contributed by atoms with Crippen molar-refractivity contribution in [2.75, 3.05) is 0 Å². The zero-order valence-corrected chi connectivity index (χ0v) is 11.4. The molecule has 0 aliphatic heterocycles. The molecule has 3 unspecified atom stereocenters. The topological polar surface area (TPSA) is 20.2 Å². The van der Waals surface area contributed by atoms with Crippen LogP contribution < -0.4 is 0 Å². The van der Waals surface area contributed by atoms with E-state index >= 15 is 0 Å². The second kappa shape index (κ2) is 6.47. The average molecular weight is 268 g/mol. The fraction of sp³-hybridized carbons (Fsp3) is 0.625. The Bertz CT molecular complexity index is 399. The van der Waals surface area contributed by atoms with Crippen molar-refractivity contribution in [2.45, 2.75) is 51.6 Å². The maximum Gasteiger partial charge on any atom is 0.126 e. The van der Waals surface area contributed by atoms with Gasteiger partial charge in [-0.1, -0.05) is 19.8 Å². The molecule has 0 amide bonds. The number of aliphatic hydroxyl groups excluding tert-OH is 1. The van der Waals surface area contributed by atoms with Crippen LogP contribution in [0.4, 0.5) is 8.78 Å². The summed E-state index contributed by atoms with van der Waals surface area (Å²) < 4.78 is 26.3. The van der Waals surface area contributed by atoms with E-state index in [2.05, 4.69) is 6.92 Å². The number of aliphatic hydroxyl groups is 1. The van der Waals surface area contributed by atoms with Crippen LogP contribution in [0.2, 0.25) is 0 Å². The first-order chi connectivity index (χ1) is 9.08. The molecule has 3 heteroatoms. The van der Waals surface area contributed by atoms with Crippen LogP contribution in [0.25, 0.3) is 0 Å². The third-order valence-electron chi connectivity index (χ3n) is 4.17. The van der Waals surface area contributed by atoms with Gasteiger partial charge in [0.05, 0.1) is 6.10 Å². The van der Waals surface area contributed by atoms with Crippen LogP contribution in [0.15, 0.2) is 18.2 Å². The van der Waals surface area contributed by atoms with Crippen molar-refractivity contribution in [2.24, 2.45) is 11.8 Å². The molecule has 0 bridgehead atoms. The highest BCUT2D eigenvalue weighted by atomic mass is 19.1. The zero-order chi connectivity index (χ0) is 13.8. The summed E-state index contributed by atoms with van der Waals surface area (Å²) in [6.07, 6.45) is 5.42. The van der Waals surface area contributed by atoms with Crippen LogP contribution in [0.3, 0.4) is 0 Å². The SMILES string of the molecule is CCCC1CCC(O)C(Cc2cc(F)cc(F)c2)C1. The lowest BCUT2D eigenvalue weighted by atomic mass is 9.75. The number of benzene rings is 1. The van der Waals surface area contributed by atoms with Gasteiger partial charge in [-0.05, 0) is 55.2 Å². The Morgan fingerprint density at radius 2 is 1.84 bits per heavy atom. The monoisotopic (exact) mass is 268 g/mol. The van der Waals surface area contributed by atoms with Gasteiger partial charge in [0, 0.05) is 6.07 Å². The fourth-order valence-electron chi connectivity index (χ4n) is 3.27. The van der Waals surface area contributed by atoms with E-state index in [1.807, 2.05) is 0 Å². The average Bonchev–Trinajstić information content (AvgIpc) is 2.32. The molecular weight excluding hydrogens is 246 g/mol. The zero-order valence-electron chi connectivity index (χ0n) is 11.4. The normalized spacial score (nSPS) is 27.5. The lowest BCUT2D eigenvalue weighted by Crippen LogP contribution is -2.30. The van der Waals surface area contributed by atoms with Crippen molar-refractivity contribution >= 4 is 0 Å². The van der Waals surface area contributed by atoms with E-state index in [9.17, 15) is 13.9 Å². The summed E-state index contributed by atoms with van der Waals surface area (Å²) in [5.41, 5.74) is 0.652. The van der Waals surface area contributed by atoms with Crippen molar-refractivity contribution in [3.8, 4) is 0 Å². The fourth-order valence-corrected chi connectivity index (χ4v) is 3.27. The third-order valence-corrected chi connectivity index (χ3v) is 4.17. The predicted molar refractivity (Wildman–Crippen MR) is 71.8 cm³/mol. The molecule has 1 aromatic carbocycles. The first-order valence-corrected chi connectivity index (χ1v) is 7.21. The van der Waals surface area contributed by atoms with E-state index in [-0.39, 0.29) is 12.0 Å². The minimum atomic E-state index is -0.537. The minimum absolute atomic E-state index is 0.131. The molecule has 1 N–H and O–H groups in total. The first-order valence-electron chi connectivity index (χ1n) is 7.21. The molecule has 1 saturated carbocycles. The molecule has 0 radical (unpaired) electrons. The highest BCUT2D eigenvalue weighted by Gasteiger charge is 2.28. The van der Waals surface area contributed by atoms with Gasteiger partial charge in [-0.25, -0.2) is 8.78 Å². The molecule has 1 nitrogen and oxygen atoms in total. The minimum Gasteiger partial charge on any atom is -0.393 e. The summed E-state index contributed by atoms with van der Waals surface area (Å²) in [5, 5.41) is 10.1. The number of halogens is 2. The van der Waals surface area contributed by atoms with E-state index in [0.717, 1.165) is 31.7 Å². The van der Waals surface area contributed by atoms with Crippen molar-refractivity contribution in [1.82, 2.24) is 0 Å². The molecule has 1 fully saturated rings. The maximum absolute atomic E-state index is 13.2. The van der Waals surface area contributed by atoms with E-state index in [0.29, 0.717) is 17.9 Å². The number of rotatable bonds is 4. The summed E-state index contributed by atoms with van der Waals surface area (Å²) >= 11 is 0. The van der Waals surface area contributed by atoms with Gasteiger partial charge >= 0.3 is 0 Å². The van der Waals surface area contributed by atoms with Crippen molar-refractivity contribution < 1.29 is 13.9 Å². The quantitative estimate of drug-likeness (QED) is 0.872. The van der Waals surface area contributed by atoms with Gasteiger partial charge in [0.1, 0.15) is 11.6 Å². The van der Waals surface area contributed by atoms with E-state index < -0.39 is 11.6 Å². The molecule has 0 heterocycles. The molecule has 19 heavy (non-hydrogen) atoms. The maximum atomic E-state index is 13.2. The molecule has 1 aliphatic carbocycles. The van der Waals surface area contributed by atoms with Crippen molar-refractivity contribution in [1.29, 1.82) is 0 Å². The molecule has 2 rings (SSSR count). The highest BCUT2D eigenvalue weighted by molar-refractivity contribution is 5.18. The van der Waals surface area contributed by atoms with Crippen LogP contribution in [0.1, 0.15) is 44.6 Å². The molecule has 3 atom stereocenters. The third kappa shape index (κ3) is 4.00. The van der Waals surface area contributed by atoms with Gasteiger partial charge in [-0.2, -0.15) is 0 Å². The van der Waals surface area contributed by atoms with Crippen LogP contribution in [-0.4, -0.2) is 11.2 Å². The van der Waals surface area contributed by atoms with Gasteiger partial charge in [0.25, 0.3) is 0 Å². The molecule has 1 aromatic rings. The van der Waals surface area contributed by atoms with Crippen LogP contribution in [-0.2, 0) is 6.42 Å². The summed E-state index contributed by atoms with van der Waals surface area (Å²) in [7, 11) is 0. The predicted octanol–water partition coefficient (Wildman–Crippen LogP) is 4.08. The largest absolute Gasteiger partial charge is 0.393 e. The van der Waals surface area contributed by atoms with Gasteiger partial charge in [-0.3, -0.25) is 0 Å². The molecule has 106 valence electrons. The number of hydrogen-bond acceptors (Lipinski definition) is 1. The lowest BCUT2D eigenvalue weighted by molar-refractivity contribution is 0.0462. The Labute approximate surface area is 113 Å². The second-order valence-corrected chi connectivity index (χ2v) is 5.78. The molecule has 1 aliphatic rings. The Morgan fingerprint density at radius 1 is 1.16 bits per heavy atom. The van der Waals surface area contributed by atoms with Crippen LogP contribution in [0, 0.1) is 23.5 Å². The Kier molecular flexibility index (Phi) is 4.92. The summed E-state index contributed by atoms with van der Waals surface area (Å²) in [4.78, 5) is 0. The molecule has 0 spiro atoms. The smallest absolute Gasteiger partial charge is 0.126 e. The first kappa shape index (κ1) is 14.4. The standard InChI is InChI=1S/C16H22F2O/c1-2-3-11-4-5-16(19)13(6-11)7-12-8-14(17)10-15(18)9-12/h8-11,13,16,19H,2-7H2,1H3. The van der Waals surface area contributed by atoms with Crippen LogP contribution >= 0.6 is 0 Å². The highest BCUT2D eigenvalue weighted by Crippen LogP contribution is 2.34. The van der Waals surface area contributed by atoms with Crippen molar-refractivity contribution in [3.63, 3.8) is 0 Å². The molecule has 0 aromatic heterocycles. The van der Waals surface area contributed by atoms with E-state index in [4.69, 9.17) is 0 Å². The second-order valence-electron chi connectivity index (χ2n) is 5.78. The van der Waals surface area contributed by atoms with Gasteiger partial charge < -0.3 is 5.11 Å². The van der Waals surface area contributed by atoms with E-state index in [1.165, 1.54) is 18.6 Å². The molecular formula is C16H22F2O. The summed E-state index contributed by atoms with van der Waals surface area (Å²) in [6, 6.07) is 3.64. The van der Waals surface area contributed by atoms with Crippen LogP contribution in [0.5, 0.6) is 0 Å².